The van der Waals surface area contributed by atoms with Crippen molar-refractivity contribution in [2.75, 3.05) is 26.8 Å². The molecule has 0 radical (unpaired) electrons. The first-order valence-electron chi connectivity index (χ1n) is 6.66. The number of amides is 1. The summed E-state index contributed by atoms with van der Waals surface area (Å²) in [6.45, 7) is 3.80. The average Bonchev–Trinajstić information content (AvgIpc) is 2.55. The molecule has 2 heterocycles. The van der Waals surface area contributed by atoms with Gasteiger partial charge in [-0.1, -0.05) is 13.3 Å². The Balaban J connectivity index is 2.24. The lowest BCUT2D eigenvalue weighted by Gasteiger charge is -2.23. The number of methoxy groups -OCH3 is 1. The van der Waals surface area contributed by atoms with E-state index in [9.17, 15) is 4.79 Å². The fourth-order valence-electron chi connectivity index (χ4n) is 2.21. The van der Waals surface area contributed by atoms with Crippen molar-refractivity contribution in [3.05, 3.63) is 23.9 Å². The van der Waals surface area contributed by atoms with Crippen LogP contribution in [0.3, 0.4) is 0 Å². The first-order chi connectivity index (χ1) is 9.26. The molecule has 0 spiro atoms. The predicted octanol–water partition coefficient (Wildman–Crippen LogP) is 1.73. The summed E-state index contributed by atoms with van der Waals surface area (Å²) in [6.07, 6.45) is 3.58. The first-order valence-corrected chi connectivity index (χ1v) is 6.66. The van der Waals surface area contributed by atoms with E-state index in [1.165, 1.54) is 0 Å². The number of carbonyl (C=O) groups is 1. The van der Waals surface area contributed by atoms with Gasteiger partial charge in [0, 0.05) is 19.9 Å². The summed E-state index contributed by atoms with van der Waals surface area (Å²) in [5, 5.41) is 0. The molecule has 5 heteroatoms. The Morgan fingerprint density at radius 1 is 1.58 bits per heavy atom. The number of ether oxygens (including phenoxy) is 2. The van der Waals surface area contributed by atoms with Crippen LogP contribution < -0.4 is 4.74 Å². The molecule has 0 aliphatic carbocycles. The van der Waals surface area contributed by atoms with Gasteiger partial charge in [-0.05, 0) is 18.6 Å². The fourth-order valence-corrected chi connectivity index (χ4v) is 2.21. The summed E-state index contributed by atoms with van der Waals surface area (Å²) in [4.78, 5) is 18.4. The molecular formula is C14H20N2O3. The lowest BCUT2D eigenvalue weighted by atomic mass is 10.2. The van der Waals surface area contributed by atoms with Crippen molar-refractivity contribution in [2.24, 2.45) is 0 Å². The third kappa shape index (κ3) is 3.23. The molecule has 1 aliphatic rings. The van der Waals surface area contributed by atoms with Gasteiger partial charge in [0.05, 0.1) is 13.2 Å². The third-order valence-corrected chi connectivity index (χ3v) is 3.17. The van der Waals surface area contributed by atoms with Gasteiger partial charge in [-0.25, -0.2) is 4.98 Å². The summed E-state index contributed by atoms with van der Waals surface area (Å²) in [5.74, 6) is 0.421. The molecule has 19 heavy (non-hydrogen) atoms. The molecule has 0 saturated heterocycles. The number of aromatic nitrogens is 1. The maximum Gasteiger partial charge on any atom is 0.259 e. The van der Waals surface area contributed by atoms with Gasteiger partial charge in [-0.15, -0.1) is 0 Å². The van der Waals surface area contributed by atoms with E-state index in [1.807, 2.05) is 0 Å². The molecule has 1 aliphatic heterocycles. The second kappa shape index (κ2) is 6.52. The van der Waals surface area contributed by atoms with Crippen molar-refractivity contribution in [1.82, 2.24) is 9.88 Å². The molecule has 1 unspecified atom stereocenters. The zero-order valence-corrected chi connectivity index (χ0v) is 11.5. The molecule has 0 N–H and O–H groups in total. The van der Waals surface area contributed by atoms with Gasteiger partial charge in [0.25, 0.3) is 5.91 Å². The zero-order chi connectivity index (χ0) is 13.7. The number of hydrogen-bond donors (Lipinski definition) is 0. The Morgan fingerprint density at radius 3 is 3.16 bits per heavy atom. The van der Waals surface area contributed by atoms with Crippen LogP contribution >= 0.6 is 0 Å². The molecule has 0 aromatic carbocycles. The molecule has 0 bridgehead atoms. The second-order valence-corrected chi connectivity index (χ2v) is 4.63. The van der Waals surface area contributed by atoms with Gasteiger partial charge in [0.15, 0.2) is 0 Å². The summed E-state index contributed by atoms with van der Waals surface area (Å²) >= 11 is 0. The Bertz CT molecular complexity index is 436. The van der Waals surface area contributed by atoms with Crippen LogP contribution in [0.15, 0.2) is 18.3 Å². The fraction of sp³-hybridized carbons (Fsp3) is 0.571. The Labute approximate surface area is 113 Å². The summed E-state index contributed by atoms with van der Waals surface area (Å²) in [5.41, 5.74) is 0.539. The van der Waals surface area contributed by atoms with E-state index in [1.54, 1.807) is 30.3 Å². The number of pyridine rings is 1. The van der Waals surface area contributed by atoms with Crippen molar-refractivity contribution in [3.8, 4) is 5.88 Å². The molecule has 1 aromatic heterocycles. The van der Waals surface area contributed by atoms with E-state index >= 15 is 0 Å². The predicted molar refractivity (Wildman–Crippen MR) is 71.3 cm³/mol. The molecule has 5 nitrogen and oxygen atoms in total. The topological polar surface area (TPSA) is 51.7 Å². The molecule has 104 valence electrons. The van der Waals surface area contributed by atoms with Crippen LogP contribution in [0, 0.1) is 0 Å². The molecule has 0 saturated carbocycles. The van der Waals surface area contributed by atoms with Gasteiger partial charge in [-0.3, -0.25) is 4.79 Å². The van der Waals surface area contributed by atoms with Crippen molar-refractivity contribution < 1.29 is 14.3 Å². The quantitative estimate of drug-likeness (QED) is 0.812. The van der Waals surface area contributed by atoms with Gasteiger partial charge in [0.2, 0.25) is 5.88 Å². The highest BCUT2D eigenvalue weighted by Crippen LogP contribution is 2.23. The van der Waals surface area contributed by atoms with Crippen LogP contribution in [0.5, 0.6) is 5.88 Å². The molecule has 1 aromatic rings. The Kier molecular flexibility index (Phi) is 4.74. The Morgan fingerprint density at radius 2 is 2.42 bits per heavy atom. The summed E-state index contributed by atoms with van der Waals surface area (Å²) < 4.78 is 10.9. The molecule has 0 fully saturated rings. The van der Waals surface area contributed by atoms with E-state index in [0.717, 1.165) is 12.8 Å². The van der Waals surface area contributed by atoms with Crippen LogP contribution in [-0.2, 0) is 4.74 Å². The standard InChI is InChI=1S/C14H20N2O3/c1-3-5-11-10-16(8-9-18-2)14(17)12-6-4-7-15-13(12)19-11/h4,6-7,11H,3,5,8-10H2,1-2H3. The third-order valence-electron chi connectivity index (χ3n) is 3.17. The summed E-state index contributed by atoms with van der Waals surface area (Å²) in [7, 11) is 1.64. The minimum Gasteiger partial charge on any atom is -0.472 e. The van der Waals surface area contributed by atoms with Gasteiger partial charge < -0.3 is 14.4 Å². The van der Waals surface area contributed by atoms with E-state index in [-0.39, 0.29) is 12.0 Å². The smallest absolute Gasteiger partial charge is 0.259 e. The van der Waals surface area contributed by atoms with Crippen molar-refractivity contribution in [1.29, 1.82) is 0 Å². The Hall–Kier alpha value is -1.62. The van der Waals surface area contributed by atoms with Crippen molar-refractivity contribution in [3.63, 3.8) is 0 Å². The monoisotopic (exact) mass is 264 g/mol. The number of rotatable bonds is 5. The van der Waals surface area contributed by atoms with E-state index in [0.29, 0.717) is 31.1 Å². The molecular weight excluding hydrogens is 244 g/mol. The number of carbonyl (C=O) groups excluding carboxylic acids is 1. The largest absolute Gasteiger partial charge is 0.472 e. The van der Waals surface area contributed by atoms with Gasteiger partial charge in [-0.2, -0.15) is 0 Å². The minimum atomic E-state index is -0.0289. The number of nitrogens with zero attached hydrogens (tertiary/aromatic N) is 2. The minimum absolute atomic E-state index is 0.00181. The number of fused-ring (bicyclic) bond motifs is 1. The highest BCUT2D eigenvalue weighted by molar-refractivity contribution is 5.96. The van der Waals surface area contributed by atoms with Crippen LogP contribution in [0.1, 0.15) is 30.1 Å². The maximum atomic E-state index is 12.4. The zero-order valence-electron chi connectivity index (χ0n) is 11.5. The molecule has 2 rings (SSSR count). The first kappa shape index (κ1) is 13.8. The normalized spacial score (nSPS) is 18.7. The van der Waals surface area contributed by atoms with Crippen LogP contribution in [0.2, 0.25) is 0 Å². The molecule has 1 atom stereocenters. The number of hydrogen-bond acceptors (Lipinski definition) is 4. The van der Waals surface area contributed by atoms with Crippen LogP contribution in [-0.4, -0.2) is 48.7 Å². The van der Waals surface area contributed by atoms with Crippen LogP contribution in [0.4, 0.5) is 0 Å². The highest BCUT2D eigenvalue weighted by Gasteiger charge is 2.28. The molecule has 1 amide bonds. The van der Waals surface area contributed by atoms with Crippen molar-refractivity contribution in [2.45, 2.75) is 25.9 Å². The van der Waals surface area contributed by atoms with Gasteiger partial charge in [0.1, 0.15) is 11.7 Å². The van der Waals surface area contributed by atoms with E-state index < -0.39 is 0 Å². The SMILES string of the molecule is CCCC1CN(CCOC)C(=O)c2cccnc2O1. The average molecular weight is 264 g/mol. The van der Waals surface area contributed by atoms with E-state index in [4.69, 9.17) is 9.47 Å². The van der Waals surface area contributed by atoms with E-state index in [2.05, 4.69) is 11.9 Å². The van der Waals surface area contributed by atoms with Gasteiger partial charge >= 0.3 is 0 Å². The maximum absolute atomic E-state index is 12.4. The highest BCUT2D eigenvalue weighted by atomic mass is 16.5. The van der Waals surface area contributed by atoms with Crippen LogP contribution in [0.25, 0.3) is 0 Å². The van der Waals surface area contributed by atoms with Crippen molar-refractivity contribution >= 4 is 5.91 Å². The summed E-state index contributed by atoms with van der Waals surface area (Å²) in [6, 6.07) is 3.52. The lowest BCUT2D eigenvalue weighted by Crippen LogP contribution is -2.39. The second-order valence-electron chi connectivity index (χ2n) is 4.63. The lowest BCUT2D eigenvalue weighted by molar-refractivity contribution is 0.0629.